The summed E-state index contributed by atoms with van der Waals surface area (Å²) < 4.78 is 0. The number of hydrogen-bond donors (Lipinski definition) is 1. The fraction of sp³-hybridized carbons (Fsp3) is 0.154. The van der Waals surface area contributed by atoms with E-state index in [1.807, 2.05) is 19.1 Å². The molecule has 4 nitrogen and oxygen atoms in total. The molecule has 0 bridgehead atoms. The zero-order valence-corrected chi connectivity index (χ0v) is 10.8. The van der Waals surface area contributed by atoms with Crippen LogP contribution < -0.4 is 5.32 Å². The lowest BCUT2D eigenvalue weighted by Gasteiger charge is -2.10. The summed E-state index contributed by atoms with van der Waals surface area (Å²) in [5.41, 5.74) is 2.93. The predicted octanol–water partition coefficient (Wildman–Crippen LogP) is 2.47. The molecule has 2 aromatic rings. The molecule has 5 heteroatoms. The molecule has 0 fully saturated rings. The average Bonchev–Trinajstić information content (AvgIpc) is 2.38. The van der Waals surface area contributed by atoms with Crippen LogP contribution in [0.1, 0.15) is 16.1 Å². The highest BCUT2D eigenvalue weighted by atomic mass is 35.5. The molecule has 0 aliphatic carbocycles. The van der Waals surface area contributed by atoms with E-state index in [0.717, 1.165) is 16.8 Å². The Morgan fingerprint density at radius 2 is 2.11 bits per heavy atom. The normalized spacial score (nSPS) is 10.2. The van der Waals surface area contributed by atoms with Gasteiger partial charge in [-0.3, -0.25) is 9.78 Å². The Morgan fingerprint density at radius 3 is 2.78 bits per heavy atom. The lowest BCUT2D eigenvalue weighted by molar-refractivity contribution is 0.0963. The fourth-order valence-electron chi connectivity index (χ4n) is 1.74. The number of nitrogens with one attached hydrogen (secondary N) is 1. The predicted molar refractivity (Wildman–Crippen MR) is 70.6 cm³/mol. The minimum absolute atomic E-state index is 0.197. The van der Waals surface area contributed by atoms with E-state index in [-0.39, 0.29) is 5.91 Å². The Balaban J connectivity index is 2.66. The number of rotatable bonds is 2. The van der Waals surface area contributed by atoms with Gasteiger partial charge >= 0.3 is 0 Å². The molecule has 18 heavy (non-hydrogen) atoms. The number of carbonyl (C=O) groups excluding carboxylic acids is 1. The van der Waals surface area contributed by atoms with Gasteiger partial charge in [-0.25, -0.2) is 4.98 Å². The van der Waals surface area contributed by atoms with Gasteiger partial charge in [-0.05, 0) is 19.1 Å². The second kappa shape index (κ2) is 5.14. The van der Waals surface area contributed by atoms with Crippen molar-refractivity contribution in [3.05, 3.63) is 47.0 Å². The van der Waals surface area contributed by atoms with Crippen molar-refractivity contribution < 1.29 is 4.79 Å². The molecule has 0 aliphatic rings. The summed E-state index contributed by atoms with van der Waals surface area (Å²) in [6.45, 7) is 1.89. The first kappa shape index (κ1) is 12.5. The van der Waals surface area contributed by atoms with Gasteiger partial charge in [0.2, 0.25) is 0 Å². The lowest BCUT2D eigenvalue weighted by Crippen LogP contribution is -2.19. The number of pyridine rings is 2. The quantitative estimate of drug-likeness (QED) is 0.845. The molecule has 0 saturated heterocycles. The summed E-state index contributed by atoms with van der Waals surface area (Å²) in [5.74, 6) is -0.197. The van der Waals surface area contributed by atoms with E-state index in [1.165, 1.54) is 6.20 Å². The van der Waals surface area contributed by atoms with Gasteiger partial charge in [0.15, 0.2) is 0 Å². The SMILES string of the molecule is CNC(=O)c1cnc(Cl)cc1-c1cccnc1C. The minimum Gasteiger partial charge on any atom is -0.355 e. The Kier molecular flexibility index (Phi) is 3.58. The molecule has 0 saturated carbocycles. The third kappa shape index (κ3) is 2.33. The minimum atomic E-state index is -0.197. The van der Waals surface area contributed by atoms with Crippen LogP contribution >= 0.6 is 11.6 Å². The molecule has 0 unspecified atom stereocenters. The van der Waals surface area contributed by atoms with Crippen LogP contribution in [-0.4, -0.2) is 22.9 Å². The molecule has 0 spiro atoms. The van der Waals surface area contributed by atoms with Gasteiger partial charge in [-0.2, -0.15) is 0 Å². The molecule has 0 radical (unpaired) electrons. The Morgan fingerprint density at radius 1 is 1.33 bits per heavy atom. The topological polar surface area (TPSA) is 54.9 Å². The van der Waals surface area contributed by atoms with Crippen molar-refractivity contribution in [1.82, 2.24) is 15.3 Å². The largest absolute Gasteiger partial charge is 0.355 e. The monoisotopic (exact) mass is 261 g/mol. The highest BCUT2D eigenvalue weighted by molar-refractivity contribution is 6.29. The number of halogens is 1. The molecular weight excluding hydrogens is 250 g/mol. The van der Waals surface area contributed by atoms with Crippen molar-refractivity contribution in [2.24, 2.45) is 0 Å². The average molecular weight is 262 g/mol. The summed E-state index contributed by atoms with van der Waals surface area (Å²) in [5, 5.41) is 2.94. The van der Waals surface area contributed by atoms with E-state index < -0.39 is 0 Å². The maximum atomic E-state index is 11.8. The van der Waals surface area contributed by atoms with E-state index in [1.54, 1.807) is 19.3 Å². The molecule has 1 N–H and O–H groups in total. The summed E-state index contributed by atoms with van der Waals surface area (Å²) in [6, 6.07) is 5.40. The van der Waals surface area contributed by atoms with Gasteiger partial charge in [0, 0.05) is 36.3 Å². The van der Waals surface area contributed by atoms with E-state index >= 15 is 0 Å². The van der Waals surface area contributed by atoms with Crippen molar-refractivity contribution in [2.75, 3.05) is 7.05 Å². The first-order valence-electron chi connectivity index (χ1n) is 5.43. The molecule has 0 aliphatic heterocycles. The molecular formula is C13H12ClN3O. The molecule has 0 atom stereocenters. The van der Waals surface area contributed by atoms with E-state index in [9.17, 15) is 4.79 Å². The third-order valence-electron chi connectivity index (χ3n) is 2.64. The number of amides is 1. The molecule has 2 rings (SSSR count). The van der Waals surface area contributed by atoms with Crippen molar-refractivity contribution in [3.8, 4) is 11.1 Å². The van der Waals surface area contributed by atoms with E-state index in [2.05, 4.69) is 15.3 Å². The zero-order valence-electron chi connectivity index (χ0n) is 10.1. The number of nitrogens with zero attached hydrogens (tertiary/aromatic N) is 2. The van der Waals surface area contributed by atoms with Crippen molar-refractivity contribution >= 4 is 17.5 Å². The highest BCUT2D eigenvalue weighted by Gasteiger charge is 2.14. The first-order chi connectivity index (χ1) is 8.63. The van der Waals surface area contributed by atoms with Crippen LogP contribution in [0, 0.1) is 6.92 Å². The number of carbonyl (C=O) groups is 1. The smallest absolute Gasteiger partial charge is 0.253 e. The third-order valence-corrected chi connectivity index (χ3v) is 2.85. The van der Waals surface area contributed by atoms with Crippen LogP contribution in [0.15, 0.2) is 30.6 Å². The molecule has 92 valence electrons. The van der Waals surface area contributed by atoms with E-state index in [4.69, 9.17) is 11.6 Å². The van der Waals surface area contributed by atoms with Gasteiger partial charge in [0.25, 0.3) is 5.91 Å². The van der Waals surface area contributed by atoms with E-state index in [0.29, 0.717) is 10.7 Å². The van der Waals surface area contributed by atoms with Gasteiger partial charge in [0.1, 0.15) is 5.15 Å². The second-order valence-electron chi connectivity index (χ2n) is 3.77. The van der Waals surface area contributed by atoms with Crippen molar-refractivity contribution in [2.45, 2.75) is 6.92 Å². The van der Waals surface area contributed by atoms with Gasteiger partial charge < -0.3 is 5.32 Å². The standard InChI is InChI=1S/C13H12ClN3O/c1-8-9(4-3-5-16-8)10-6-12(14)17-7-11(10)13(18)15-2/h3-7H,1-2H3,(H,15,18). The van der Waals surface area contributed by atoms with Gasteiger partial charge in [-0.1, -0.05) is 17.7 Å². The first-order valence-corrected chi connectivity index (χ1v) is 5.81. The number of hydrogen-bond acceptors (Lipinski definition) is 3. The van der Waals surface area contributed by atoms with Crippen molar-refractivity contribution in [3.63, 3.8) is 0 Å². The van der Waals surface area contributed by atoms with Crippen LogP contribution in [0.25, 0.3) is 11.1 Å². The summed E-state index contributed by atoms with van der Waals surface area (Å²) in [6.07, 6.45) is 3.18. The Bertz CT molecular complexity index is 599. The number of aryl methyl sites for hydroxylation is 1. The van der Waals surface area contributed by atoms with Crippen LogP contribution in [0.3, 0.4) is 0 Å². The summed E-state index contributed by atoms with van der Waals surface area (Å²) in [4.78, 5) is 20.0. The highest BCUT2D eigenvalue weighted by Crippen LogP contribution is 2.27. The lowest BCUT2D eigenvalue weighted by atomic mass is 10.0. The van der Waals surface area contributed by atoms with Crippen LogP contribution in [0.2, 0.25) is 5.15 Å². The Labute approximate surface area is 110 Å². The summed E-state index contributed by atoms with van der Waals surface area (Å²) in [7, 11) is 1.58. The Hall–Kier alpha value is -1.94. The fourth-order valence-corrected chi connectivity index (χ4v) is 1.90. The van der Waals surface area contributed by atoms with Crippen LogP contribution in [0.4, 0.5) is 0 Å². The maximum absolute atomic E-state index is 11.8. The maximum Gasteiger partial charge on any atom is 0.253 e. The van der Waals surface area contributed by atoms with Crippen molar-refractivity contribution in [1.29, 1.82) is 0 Å². The zero-order chi connectivity index (χ0) is 13.1. The molecule has 1 amide bonds. The van der Waals surface area contributed by atoms with Gasteiger partial charge in [0.05, 0.1) is 5.56 Å². The molecule has 0 aromatic carbocycles. The number of aromatic nitrogens is 2. The van der Waals surface area contributed by atoms with Crippen LogP contribution in [-0.2, 0) is 0 Å². The molecule has 2 heterocycles. The van der Waals surface area contributed by atoms with Crippen LogP contribution in [0.5, 0.6) is 0 Å². The summed E-state index contributed by atoms with van der Waals surface area (Å²) >= 11 is 5.90. The second-order valence-corrected chi connectivity index (χ2v) is 4.16. The van der Waals surface area contributed by atoms with Gasteiger partial charge in [-0.15, -0.1) is 0 Å². The molecule has 2 aromatic heterocycles.